The van der Waals surface area contributed by atoms with Crippen molar-refractivity contribution in [2.75, 3.05) is 38.1 Å². The Morgan fingerprint density at radius 1 is 0.933 bits per heavy atom. The first-order chi connectivity index (χ1) is 14.7. The van der Waals surface area contributed by atoms with E-state index in [9.17, 15) is 4.39 Å². The molecule has 5 nitrogen and oxygen atoms in total. The number of piperazine rings is 1. The SMILES string of the molecule is CN1CCN(c2cccc(Cc3nc4c(-c5ccc(F)cc5)cccn4n3)c2)CC1. The summed E-state index contributed by atoms with van der Waals surface area (Å²) < 4.78 is 15.1. The number of likely N-dealkylation sites (N-methyl/N-ethyl adjacent to an activating group) is 1. The van der Waals surface area contributed by atoms with Crippen LogP contribution in [-0.4, -0.2) is 52.7 Å². The first-order valence-electron chi connectivity index (χ1n) is 10.3. The van der Waals surface area contributed by atoms with Crippen molar-refractivity contribution in [2.45, 2.75) is 6.42 Å². The van der Waals surface area contributed by atoms with Gasteiger partial charge in [-0.05, 0) is 54.6 Å². The number of halogens is 1. The van der Waals surface area contributed by atoms with Crippen molar-refractivity contribution in [3.05, 3.63) is 84.1 Å². The van der Waals surface area contributed by atoms with Gasteiger partial charge in [-0.15, -0.1) is 0 Å². The van der Waals surface area contributed by atoms with Crippen LogP contribution < -0.4 is 4.90 Å². The molecule has 4 aromatic rings. The standard InChI is InChI=1S/C24H24FN5/c1-28-12-14-29(15-13-28)21-5-2-4-18(16-21)17-23-26-24-22(6-3-11-30(24)27-23)19-7-9-20(25)10-8-19/h2-11,16H,12-15,17H2,1H3. The third-order valence-corrected chi connectivity index (χ3v) is 5.70. The Hall–Kier alpha value is -3.25. The molecule has 2 aromatic heterocycles. The lowest BCUT2D eigenvalue weighted by Gasteiger charge is -2.34. The van der Waals surface area contributed by atoms with Crippen LogP contribution in [0.3, 0.4) is 0 Å². The van der Waals surface area contributed by atoms with E-state index in [4.69, 9.17) is 4.98 Å². The van der Waals surface area contributed by atoms with Crippen LogP contribution in [0.1, 0.15) is 11.4 Å². The highest BCUT2D eigenvalue weighted by Crippen LogP contribution is 2.25. The minimum Gasteiger partial charge on any atom is -0.369 e. The Kier molecular flexibility index (Phi) is 4.93. The molecule has 0 unspecified atom stereocenters. The second-order valence-electron chi connectivity index (χ2n) is 7.86. The average Bonchev–Trinajstić information content (AvgIpc) is 3.17. The molecule has 0 amide bonds. The van der Waals surface area contributed by atoms with Gasteiger partial charge in [-0.2, -0.15) is 5.10 Å². The van der Waals surface area contributed by atoms with E-state index in [1.165, 1.54) is 23.4 Å². The second kappa shape index (κ2) is 7.88. The molecule has 0 atom stereocenters. The van der Waals surface area contributed by atoms with Gasteiger partial charge in [0.05, 0.1) is 0 Å². The van der Waals surface area contributed by atoms with Crippen molar-refractivity contribution >= 4 is 11.3 Å². The van der Waals surface area contributed by atoms with Crippen molar-refractivity contribution in [1.82, 2.24) is 19.5 Å². The van der Waals surface area contributed by atoms with Gasteiger partial charge in [-0.3, -0.25) is 0 Å². The van der Waals surface area contributed by atoms with Gasteiger partial charge in [0.2, 0.25) is 0 Å². The zero-order valence-electron chi connectivity index (χ0n) is 17.0. The summed E-state index contributed by atoms with van der Waals surface area (Å²) in [6.07, 6.45) is 2.58. The molecule has 0 spiro atoms. The van der Waals surface area contributed by atoms with Crippen molar-refractivity contribution in [3.63, 3.8) is 0 Å². The largest absolute Gasteiger partial charge is 0.369 e. The van der Waals surface area contributed by atoms with Crippen molar-refractivity contribution in [3.8, 4) is 11.1 Å². The topological polar surface area (TPSA) is 36.7 Å². The fraction of sp³-hybridized carbons (Fsp3) is 0.250. The number of benzene rings is 2. The summed E-state index contributed by atoms with van der Waals surface area (Å²) in [7, 11) is 2.17. The summed E-state index contributed by atoms with van der Waals surface area (Å²) in [4.78, 5) is 9.60. The lowest BCUT2D eigenvalue weighted by molar-refractivity contribution is 0.313. The number of nitrogens with zero attached hydrogens (tertiary/aromatic N) is 5. The van der Waals surface area contributed by atoms with E-state index in [0.717, 1.165) is 48.8 Å². The zero-order chi connectivity index (χ0) is 20.5. The third kappa shape index (κ3) is 3.78. The van der Waals surface area contributed by atoms with Crippen LogP contribution in [-0.2, 0) is 6.42 Å². The molecule has 0 aliphatic carbocycles. The quantitative estimate of drug-likeness (QED) is 0.520. The Morgan fingerprint density at radius 3 is 2.53 bits per heavy atom. The molecule has 152 valence electrons. The molecule has 6 heteroatoms. The van der Waals surface area contributed by atoms with E-state index in [-0.39, 0.29) is 5.82 Å². The predicted octanol–water partition coefficient (Wildman–Crippen LogP) is 3.88. The van der Waals surface area contributed by atoms with Gasteiger partial charge in [-0.1, -0.05) is 24.3 Å². The van der Waals surface area contributed by atoms with E-state index in [1.807, 2.05) is 18.3 Å². The van der Waals surface area contributed by atoms with Crippen molar-refractivity contribution < 1.29 is 4.39 Å². The molecule has 5 rings (SSSR count). The maximum atomic E-state index is 13.3. The van der Waals surface area contributed by atoms with Gasteiger partial charge in [0.25, 0.3) is 0 Å². The zero-order valence-corrected chi connectivity index (χ0v) is 17.0. The normalized spacial score (nSPS) is 15.1. The molecular weight excluding hydrogens is 377 g/mol. The molecule has 0 N–H and O–H groups in total. The van der Waals surface area contributed by atoms with Crippen molar-refractivity contribution in [1.29, 1.82) is 0 Å². The Morgan fingerprint density at radius 2 is 1.73 bits per heavy atom. The number of pyridine rings is 1. The van der Waals surface area contributed by atoms with Gasteiger partial charge in [-0.25, -0.2) is 13.9 Å². The highest BCUT2D eigenvalue weighted by Gasteiger charge is 2.15. The average molecular weight is 401 g/mol. The molecule has 3 heterocycles. The molecule has 0 saturated carbocycles. The van der Waals surface area contributed by atoms with Crippen molar-refractivity contribution in [2.24, 2.45) is 0 Å². The minimum absolute atomic E-state index is 0.243. The van der Waals surface area contributed by atoms with Gasteiger partial charge in [0.15, 0.2) is 11.5 Å². The number of anilines is 1. The van der Waals surface area contributed by atoms with Crippen LogP contribution in [0, 0.1) is 5.82 Å². The van der Waals surface area contributed by atoms with Crippen LogP contribution in [0.4, 0.5) is 10.1 Å². The highest BCUT2D eigenvalue weighted by molar-refractivity contribution is 5.77. The monoisotopic (exact) mass is 401 g/mol. The van der Waals surface area contributed by atoms with E-state index in [0.29, 0.717) is 6.42 Å². The smallest absolute Gasteiger partial charge is 0.163 e. The minimum atomic E-state index is -0.243. The first-order valence-corrected chi connectivity index (χ1v) is 10.3. The molecule has 1 saturated heterocycles. The van der Waals surface area contributed by atoms with Gasteiger partial charge in [0, 0.05) is 50.0 Å². The summed E-state index contributed by atoms with van der Waals surface area (Å²) in [6.45, 7) is 4.27. The van der Waals surface area contributed by atoms with E-state index < -0.39 is 0 Å². The third-order valence-electron chi connectivity index (χ3n) is 5.70. The van der Waals surface area contributed by atoms with Crippen LogP contribution in [0.5, 0.6) is 0 Å². The summed E-state index contributed by atoms with van der Waals surface area (Å²) in [5.74, 6) is 0.535. The Bertz CT molecular complexity index is 1160. The summed E-state index contributed by atoms with van der Waals surface area (Å²) in [5.41, 5.74) is 5.12. The first kappa shape index (κ1) is 18.8. The van der Waals surface area contributed by atoms with E-state index >= 15 is 0 Å². The molecule has 30 heavy (non-hydrogen) atoms. The molecule has 0 bridgehead atoms. The molecule has 1 fully saturated rings. The van der Waals surface area contributed by atoms with E-state index in [1.54, 1.807) is 16.6 Å². The molecule has 1 aliphatic heterocycles. The maximum Gasteiger partial charge on any atom is 0.163 e. The summed E-state index contributed by atoms with van der Waals surface area (Å²) in [5, 5.41) is 4.68. The molecule has 0 radical (unpaired) electrons. The highest BCUT2D eigenvalue weighted by atomic mass is 19.1. The van der Waals surface area contributed by atoms with Crippen LogP contribution in [0.25, 0.3) is 16.8 Å². The van der Waals surface area contributed by atoms with E-state index in [2.05, 4.69) is 46.2 Å². The fourth-order valence-electron chi connectivity index (χ4n) is 3.99. The Labute approximate surface area is 175 Å². The Balaban J connectivity index is 1.42. The van der Waals surface area contributed by atoms with Crippen LogP contribution in [0.15, 0.2) is 66.9 Å². The number of hydrogen-bond donors (Lipinski definition) is 0. The predicted molar refractivity (Wildman–Crippen MR) is 117 cm³/mol. The number of fused-ring (bicyclic) bond motifs is 1. The molecule has 2 aromatic carbocycles. The second-order valence-corrected chi connectivity index (χ2v) is 7.86. The lowest BCUT2D eigenvalue weighted by Crippen LogP contribution is -2.44. The number of hydrogen-bond acceptors (Lipinski definition) is 4. The van der Waals surface area contributed by atoms with Gasteiger partial charge >= 0.3 is 0 Å². The molecular formula is C24H24FN5. The van der Waals surface area contributed by atoms with Crippen LogP contribution >= 0.6 is 0 Å². The van der Waals surface area contributed by atoms with Gasteiger partial charge < -0.3 is 9.80 Å². The fourth-order valence-corrected chi connectivity index (χ4v) is 3.99. The van der Waals surface area contributed by atoms with Gasteiger partial charge in [0.1, 0.15) is 5.82 Å². The lowest BCUT2D eigenvalue weighted by atomic mass is 10.1. The summed E-state index contributed by atoms with van der Waals surface area (Å²) >= 11 is 0. The maximum absolute atomic E-state index is 13.3. The number of rotatable bonds is 4. The number of aromatic nitrogens is 3. The molecule has 1 aliphatic rings. The van der Waals surface area contributed by atoms with Crippen LogP contribution in [0.2, 0.25) is 0 Å². The summed E-state index contributed by atoms with van der Waals surface area (Å²) in [6, 6.07) is 19.1.